The van der Waals surface area contributed by atoms with Crippen LogP contribution in [0.4, 0.5) is 0 Å². The number of aliphatic carboxylic acids is 1. The van der Waals surface area contributed by atoms with Crippen LogP contribution < -0.4 is 5.32 Å². The Bertz CT molecular complexity index is 303. The van der Waals surface area contributed by atoms with Crippen molar-refractivity contribution < 1.29 is 19.4 Å². The number of esters is 1. The minimum absolute atomic E-state index is 0.122. The fraction of sp³-hybridized carbons (Fsp3) is 0.846. The van der Waals surface area contributed by atoms with E-state index in [9.17, 15) is 9.59 Å². The topological polar surface area (TPSA) is 75.6 Å². The average Bonchev–Trinajstić information content (AvgIpc) is 2.66. The minimum atomic E-state index is -0.993. The van der Waals surface area contributed by atoms with Gasteiger partial charge in [0.05, 0.1) is 6.42 Å². The van der Waals surface area contributed by atoms with Gasteiger partial charge in [0.1, 0.15) is 11.6 Å². The SMILES string of the molecule is CC(C)(C)OC(=O)C[C@@H](NC1CCCC1)C(=O)O. The highest BCUT2D eigenvalue weighted by Crippen LogP contribution is 2.19. The lowest BCUT2D eigenvalue weighted by atomic mass is 10.1. The highest BCUT2D eigenvalue weighted by atomic mass is 16.6. The fourth-order valence-corrected chi connectivity index (χ4v) is 2.14. The van der Waals surface area contributed by atoms with E-state index in [1.165, 1.54) is 0 Å². The van der Waals surface area contributed by atoms with E-state index >= 15 is 0 Å². The van der Waals surface area contributed by atoms with Gasteiger partial charge in [-0.15, -0.1) is 0 Å². The summed E-state index contributed by atoms with van der Waals surface area (Å²) in [6, 6.07) is -0.628. The molecule has 0 bridgehead atoms. The van der Waals surface area contributed by atoms with Gasteiger partial charge in [0.25, 0.3) is 0 Å². The van der Waals surface area contributed by atoms with Crippen molar-refractivity contribution in [3.63, 3.8) is 0 Å². The van der Waals surface area contributed by atoms with Crippen LogP contribution >= 0.6 is 0 Å². The van der Waals surface area contributed by atoms with Gasteiger partial charge in [-0.1, -0.05) is 12.8 Å². The number of hydrogen-bond donors (Lipinski definition) is 2. The monoisotopic (exact) mass is 257 g/mol. The predicted molar refractivity (Wildman–Crippen MR) is 67.3 cm³/mol. The fourth-order valence-electron chi connectivity index (χ4n) is 2.14. The quantitative estimate of drug-likeness (QED) is 0.733. The molecule has 0 amide bonds. The summed E-state index contributed by atoms with van der Waals surface area (Å²) in [5.74, 6) is -1.46. The summed E-state index contributed by atoms with van der Waals surface area (Å²) in [4.78, 5) is 22.7. The van der Waals surface area contributed by atoms with Crippen molar-refractivity contribution >= 4 is 11.9 Å². The van der Waals surface area contributed by atoms with E-state index in [0.29, 0.717) is 0 Å². The van der Waals surface area contributed by atoms with Crippen LogP contribution in [0.5, 0.6) is 0 Å². The maximum Gasteiger partial charge on any atom is 0.321 e. The number of carbonyl (C=O) groups excluding carboxylic acids is 1. The molecule has 5 nitrogen and oxygen atoms in total. The third kappa shape index (κ3) is 5.49. The van der Waals surface area contributed by atoms with Gasteiger partial charge < -0.3 is 15.2 Å². The molecule has 1 rings (SSSR count). The largest absolute Gasteiger partial charge is 0.480 e. The number of nitrogens with one attached hydrogen (secondary N) is 1. The number of carboxylic acids is 1. The van der Waals surface area contributed by atoms with E-state index < -0.39 is 23.6 Å². The molecule has 0 saturated heterocycles. The summed E-state index contributed by atoms with van der Waals surface area (Å²) in [6.07, 6.45) is 4.09. The lowest BCUT2D eigenvalue weighted by molar-refractivity contribution is -0.158. The Hall–Kier alpha value is -1.10. The molecule has 0 aromatic rings. The highest BCUT2D eigenvalue weighted by molar-refractivity contribution is 5.81. The molecule has 0 aromatic carbocycles. The van der Waals surface area contributed by atoms with Gasteiger partial charge in [0, 0.05) is 6.04 Å². The van der Waals surface area contributed by atoms with Crippen molar-refractivity contribution in [2.45, 2.75) is 70.6 Å². The van der Waals surface area contributed by atoms with Crippen LogP contribution in [0.3, 0.4) is 0 Å². The summed E-state index contributed by atoms with van der Waals surface area (Å²) in [5, 5.41) is 12.1. The van der Waals surface area contributed by atoms with Crippen LogP contribution in [0.2, 0.25) is 0 Å². The molecule has 1 saturated carbocycles. The number of carbonyl (C=O) groups is 2. The molecular formula is C13H23NO4. The Morgan fingerprint density at radius 1 is 1.33 bits per heavy atom. The first-order valence-electron chi connectivity index (χ1n) is 6.48. The van der Waals surface area contributed by atoms with Crippen molar-refractivity contribution in [2.24, 2.45) is 0 Å². The Balaban J connectivity index is 2.46. The zero-order valence-corrected chi connectivity index (χ0v) is 11.4. The first-order valence-corrected chi connectivity index (χ1v) is 6.48. The second kappa shape index (κ2) is 6.18. The van der Waals surface area contributed by atoms with Gasteiger partial charge in [-0.05, 0) is 33.6 Å². The van der Waals surface area contributed by atoms with Gasteiger partial charge >= 0.3 is 11.9 Å². The molecule has 2 N–H and O–H groups in total. The van der Waals surface area contributed by atoms with Gasteiger partial charge in [-0.25, -0.2) is 0 Å². The summed E-state index contributed by atoms with van der Waals surface area (Å²) in [5.41, 5.74) is -0.576. The Kier molecular flexibility index (Phi) is 5.14. The third-order valence-corrected chi connectivity index (χ3v) is 2.88. The van der Waals surface area contributed by atoms with E-state index in [1.807, 2.05) is 0 Å². The highest BCUT2D eigenvalue weighted by Gasteiger charge is 2.28. The van der Waals surface area contributed by atoms with Crippen LogP contribution in [0.25, 0.3) is 0 Å². The molecule has 0 heterocycles. The Morgan fingerprint density at radius 2 is 1.89 bits per heavy atom. The second-order valence-corrected chi connectivity index (χ2v) is 5.83. The minimum Gasteiger partial charge on any atom is -0.480 e. The van der Waals surface area contributed by atoms with Crippen molar-refractivity contribution in [1.29, 1.82) is 0 Å². The van der Waals surface area contributed by atoms with Crippen LogP contribution in [-0.2, 0) is 14.3 Å². The molecule has 18 heavy (non-hydrogen) atoms. The van der Waals surface area contributed by atoms with E-state index in [0.717, 1.165) is 25.7 Å². The summed E-state index contributed by atoms with van der Waals surface area (Å²) in [6.45, 7) is 5.31. The van der Waals surface area contributed by atoms with E-state index in [1.54, 1.807) is 20.8 Å². The van der Waals surface area contributed by atoms with Gasteiger partial charge in [-0.3, -0.25) is 9.59 Å². The van der Waals surface area contributed by atoms with Crippen molar-refractivity contribution in [3.05, 3.63) is 0 Å². The van der Waals surface area contributed by atoms with Crippen LogP contribution in [-0.4, -0.2) is 34.7 Å². The van der Waals surface area contributed by atoms with Crippen molar-refractivity contribution in [3.8, 4) is 0 Å². The first kappa shape index (κ1) is 15.0. The number of ether oxygens (including phenoxy) is 1. The van der Waals surface area contributed by atoms with Crippen LogP contribution in [0.15, 0.2) is 0 Å². The average molecular weight is 257 g/mol. The van der Waals surface area contributed by atoms with E-state index in [2.05, 4.69) is 5.32 Å². The van der Waals surface area contributed by atoms with Crippen molar-refractivity contribution in [1.82, 2.24) is 5.32 Å². The molecule has 104 valence electrons. The second-order valence-electron chi connectivity index (χ2n) is 5.83. The lowest BCUT2D eigenvalue weighted by Crippen LogP contribution is -2.44. The summed E-state index contributed by atoms with van der Waals surface area (Å²) < 4.78 is 5.14. The normalized spacial score (nSPS) is 18.6. The molecule has 0 aromatic heterocycles. The molecule has 1 fully saturated rings. The van der Waals surface area contributed by atoms with Gasteiger partial charge in [-0.2, -0.15) is 0 Å². The van der Waals surface area contributed by atoms with Gasteiger partial charge in [0.15, 0.2) is 0 Å². The zero-order chi connectivity index (χ0) is 13.8. The molecule has 0 radical (unpaired) electrons. The molecule has 0 aliphatic heterocycles. The molecule has 1 aliphatic carbocycles. The first-order chi connectivity index (χ1) is 8.28. The van der Waals surface area contributed by atoms with E-state index in [4.69, 9.17) is 9.84 Å². The summed E-state index contributed by atoms with van der Waals surface area (Å²) in [7, 11) is 0. The number of rotatable bonds is 5. The van der Waals surface area contributed by atoms with Crippen LogP contribution in [0.1, 0.15) is 52.9 Å². The number of hydrogen-bond acceptors (Lipinski definition) is 4. The summed E-state index contributed by atoms with van der Waals surface area (Å²) >= 11 is 0. The lowest BCUT2D eigenvalue weighted by Gasteiger charge is -2.23. The molecule has 0 spiro atoms. The predicted octanol–water partition coefficient (Wildman–Crippen LogP) is 1.70. The number of carboxylic acid groups (broad SMARTS) is 1. The van der Waals surface area contributed by atoms with Crippen molar-refractivity contribution in [2.75, 3.05) is 0 Å². The smallest absolute Gasteiger partial charge is 0.321 e. The Labute approximate surface area is 108 Å². The van der Waals surface area contributed by atoms with Gasteiger partial charge in [0.2, 0.25) is 0 Å². The molecule has 1 aliphatic rings. The molecule has 1 atom stereocenters. The van der Waals surface area contributed by atoms with E-state index in [-0.39, 0.29) is 12.5 Å². The Morgan fingerprint density at radius 3 is 2.33 bits per heavy atom. The third-order valence-electron chi connectivity index (χ3n) is 2.88. The standard InChI is InChI=1S/C13H23NO4/c1-13(2,3)18-11(15)8-10(12(16)17)14-9-6-4-5-7-9/h9-10,14H,4-8H2,1-3H3,(H,16,17)/t10-/m1/s1. The maximum absolute atomic E-state index is 11.6. The van der Waals surface area contributed by atoms with Crippen LogP contribution in [0, 0.1) is 0 Å². The molecular weight excluding hydrogens is 234 g/mol. The molecule has 0 unspecified atom stereocenters. The zero-order valence-electron chi connectivity index (χ0n) is 11.4. The maximum atomic E-state index is 11.6. The molecule has 5 heteroatoms.